The Morgan fingerprint density at radius 2 is 2.26 bits per heavy atom. The minimum absolute atomic E-state index is 0.0223. The van der Waals surface area contributed by atoms with E-state index in [1.165, 1.54) is 12.1 Å². The molecule has 6 heteroatoms. The predicted octanol–water partition coefficient (Wildman–Crippen LogP) is 0.906. The smallest absolute Gasteiger partial charge is 0.151 e. The molecule has 0 amide bonds. The molecule has 0 aliphatic carbocycles. The number of nitrogens with one attached hydrogen (secondary N) is 1. The molecular formula is C13H16FNO3S. The van der Waals surface area contributed by atoms with Crippen LogP contribution < -0.4 is 10.1 Å². The average Bonchev–Trinajstić information content (AvgIpc) is 2.89. The Kier molecular flexibility index (Phi) is 3.22. The number of ether oxygens (including phenoxy) is 1. The SMILES string of the molecule is O=S1(=O)CCC(NCC2Cc3cc(F)ccc3O2)C1. The van der Waals surface area contributed by atoms with E-state index in [1.54, 1.807) is 6.07 Å². The van der Waals surface area contributed by atoms with Gasteiger partial charge in [-0.05, 0) is 24.6 Å². The average molecular weight is 285 g/mol. The summed E-state index contributed by atoms with van der Waals surface area (Å²) in [5.41, 5.74) is 0.880. The monoisotopic (exact) mass is 285 g/mol. The Balaban J connectivity index is 1.54. The molecule has 2 aliphatic rings. The highest BCUT2D eigenvalue weighted by Gasteiger charge is 2.29. The second kappa shape index (κ2) is 4.76. The summed E-state index contributed by atoms with van der Waals surface area (Å²) >= 11 is 0. The zero-order valence-electron chi connectivity index (χ0n) is 10.4. The van der Waals surface area contributed by atoms with Gasteiger partial charge in [0.05, 0.1) is 11.5 Å². The van der Waals surface area contributed by atoms with Crippen LogP contribution in [-0.2, 0) is 16.3 Å². The van der Waals surface area contributed by atoms with E-state index < -0.39 is 9.84 Å². The summed E-state index contributed by atoms with van der Waals surface area (Å²) < 4.78 is 41.4. The predicted molar refractivity (Wildman–Crippen MR) is 69.6 cm³/mol. The summed E-state index contributed by atoms with van der Waals surface area (Å²) in [5, 5.41) is 3.23. The first kappa shape index (κ1) is 12.9. The maximum Gasteiger partial charge on any atom is 0.151 e. The van der Waals surface area contributed by atoms with Crippen LogP contribution >= 0.6 is 0 Å². The lowest BCUT2D eigenvalue weighted by molar-refractivity contribution is 0.223. The Hall–Kier alpha value is -1.14. The van der Waals surface area contributed by atoms with Gasteiger partial charge < -0.3 is 10.1 Å². The molecular weight excluding hydrogens is 269 g/mol. The van der Waals surface area contributed by atoms with Crippen molar-refractivity contribution >= 4 is 9.84 Å². The van der Waals surface area contributed by atoms with Crippen LogP contribution in [0, 0.1) is 5.82 Å². The highest BCUT2D eigenvalue weighted by molar-refractivity contribution is 7.91. The molecule has 4 nitrogen and oxygen atoms in total. The minimum atomic E-state index is -2.85. The third-order valence-electron chi connectivity index (χ3n) is 3.63. The van der Waals surface area contributed by atoms with Crippen molar-refractivity contribution in [3.8, 4) is 5.75 Å². The van der Waals surface area contributed by atoms with Gasteiger partial charge in [-0.25, -0.2) is 12.8 Å². The van der Waals surface area contributed by atoms with Crippen LogP contribution in [0.4, 0.5) is 4.39 Å². The van der Waals surface area contributed by atoms with Crippen LogP contribution in [0.3, 0.4) is 0 Å². The van der Waals surface area contributed by atoms with E-state index in [0.717, 1.165) is 11.3 Å². The Bertz CT molecular complexity index is 588. The first-order chi connectivity index (χ1) is 9.02. The summed E-state index contributed by atoms with van der Waals surface area (Å²) in [6.45, 7) is 0.594. The molecule has 104 valence electrons. The molecule has 1 aromatic carbocycles. The molecule has 2 heterocycles. The van der Waals surface area contributed by atoms with Gasteiger partial charge in [0.1, 0.15) is 17.7 Å². The van der Waals surface area contributed by atoms with Crippen LogP contribution in [-0.4, -0.2) is 38.6 Å². The van der Waals surface area contributed by atoms with Crippen molar-refractivity contribution in [1.29, 1.82) is 0 Å². The second-order valence-electron chi connectivity index (χ2n) is 5.20. The van der Waals surface area contributed by atoms with E-state index in [4.69, 9.17) is 4.74 Å². The van der Waals surface area contributed by atoms with E-state index in [9.17, 15) is 12.8 Å². The minimum Gasteiger partial charge on any atom is -0.488 e. The summed E-state index contributed by atoms with van der Waals surface area (Å²) in [6.07, 6.45) is 1.29. The Morgan fingerprint density at radius 1 is 1.42 bits per heavy atom. The lowest BCUT2D eigenvalue weighted by Gasteiger charge is -2.15. The number of fused-ring (bicyclic) bond motifs is 1. The third-order valence-corrected chi connectivity index (χ3v) is 5.40. The lowest BCUT2D eigenvalue weighted by atomic mass is 10.1. The van der Waals surface area contributed by atoms with Crippen molar-refractivity contribution in [2.75, 3.05) is 18.1 Å². The quantitative estimate of drug-likeness (QED) is 0.897. The van der Waals surface area contributed by atoms with Crippen molar-refractivity contribution in [2.45, 2.75) is 25.0 Å². The van der Waals surface area contributed by atoms with Gasteiger partial charge in [-0.15, -0.1) is 0 Å². The van der Waals surface area contributed by atoms with Crippen LogP contribution in [0.2, 0.25) is 0 Å². The van der Waals surface area contributed by atoms with Gasteiger partial charge in [-0.3, -0.25) is 0 Å². The number of hydrogen-bond donors (Lipinski definition) is 1. The zero-order valence-corrected chi connectivity index (χ0v) is 11.2. The van der Waals surface area contributed by atoms with Gasteiger partial charge in [0.25, 0.3) is 0 Å². The molecule has 0 aromatic heterocycles. The van der Waals surface area contributed by atoms with Gasteiger partial charge in [0, 0.05) is 24.6 Å². The van der Waals surface area contributed by atoms with Crippen LogP contribution in [0.15, 0.2) is 18.2 Å². The molecule has 0 radical (unpaired) electrons. The fraction of sp³-hybridized carbons (Fsp3) is 0.538. The van der Waals surface area contributed by atoms with Crippen LogP contribution in [0.5, 0.6) is 5.75 Å². The molecule has 1 fully saturated rings. The zero-order chi connectivity index (χ0) is 13.5. The maximum absolute atomic E-state index is 13.1. The highest BCUT2D eigenvalue weighted by atomic mass is 32.2. The van der Waals surface area contributed by atoms with E-state index in [0.29, 0.717) is 19.4 Å². The maximum atomic E-state index is 13.1. The lowest BCUT2D eigenvalue weighted by Crippen LogP contribution is -2.38. The fourth-order valence-corrected chi connectivity index (χ4v) is 4.36. The summed E-state index contributed by atoms with van der Waals surface area (Å²) in [6, 6.07) is 4.55. The molecule has 1 saturated heterocycles. The largest absolute Gasteiger partial charge is 0.488 e. The van der Waals surface area contributed by atoms with E-state index in [2.05, 4.69) is 5.32 Å². The summed E-state index contributed by atoms with van der Waals surface area (Å²) in [4.78, 5) is 0. The number of benzene rings is 1. The molecule has 2 atom stereocenters. The van der Waals surface area contributed by atoms with Gasteiger partial charge in [0.15, 0.2) is 9.84 Å². The van der Waals surface area contributed by atoms with E-state index in [1.807, 2.05) is 0 Å². The van der Waals surface area contributed by atoms with Crippen LogP contribution in [0.1, 0.15) is 12.0 Å². The third kappa shape index (κ3) is 2.90. The molecule has 0 bridgehead atoms. The molecule has 0 spiro atoms. The highest BCUT2D eigenvalue weighted by Crippen LogP contribution is 2.29. The number of rotatable bonds is 3. The number of hydrogen-bond acceptors (Lipinski definition) is 4. The molecule has 19 heavy (non-hydrogen) atoms. The standard InChI is InChI=1S/C13H16FNO3S/c14-10-1-2-13-9(5-10)6-12(18-13)7-15-11-3-4-19(16,17)8-11/h1-2,5,11-12,15H,3-4,6-8H2. The first-order valence-electron chi connectivity index (χ1n) is 6.41. The van der Waals surface area contributed by atoms with E-state index in [-0.39, 0.29) is 29.5 Å². The van der Waals surface area contributed by atoms with Crippen molar-refractivity contribution in [2.24, 2.45) is 0 Å². The molecule has 2 aliphatic heterocycles. The molecule has 1 N–H and O–H groups in total. The van der Waals surface area contributed by atoms with Gasteiger partial charge in [-0.2, -0.15) is 0 Å². The van der Waals surface area contributed by atoms with Crippen molar-refractivity contribution in [1.82, 2.24) is 5.32 Å². The Morgan fingerprint density at radius 3 is 3.00 bits per heavy atom. The fourth-order valence-electron chi connectivity index (χ4n) is 2.66. The number of halogens is 1. The summed E-state index contributed by atoms with van der Waals surface area (Å²) in [5.74, 6) is 0.952. The molecule has 1 aromatic rings. The molecule has 0 saturated carbocycles. The van der Waals surface area contributed by atoms with Gasteiger partial charge in [0.2, 0.25) is 0 Å². The van der Waals surface area contributed by atoms with Gasteiger partial charge in [-0.1, -0.05) is 0 Å². The van der Waals surface area contributed by atoms with Gasteiger partial charge >= 0.3 is 0 Å². The molecule has 2 unspecified atom stereocenters. The van der Waals surface area contributed by atoms with Crippen LogP contribution in [0.25, 0.3) is 0 Å². The second-order valence-corrected chi connectivity index (χ2v) is 7.43. The first-order valence-corrected chi connectivity index (χ1v) is 8.23. The van der Waals surface area contributed by atoms with Crippen molar-refractivity contribution in [3.05, 3.63) is 29.6 Å². The van der Waals surface area contributed by atoms with Crippen molar-refractivity contribution < 1.29 is 17.5 Å². The number of sulfone groups is 1. The van der Waals surface area contributed by atoms with Crippen molar-refractivity contribution in [3.63, 3.8) is 0 Å². The Labute approximate surface area is 111 Å². The topological polar surface area (TPSA) is 55.4 Å². The van der Waals surface area contributed by atoms with E-state index >= 15 is 0 Å². The summed E-state index contributed by atoms with van der Waals surface area (Å²) in [7, 11) is -2.85. The molecule has 3 rings (SSSR count). The normalized spacial score (nSPS) is 28.1.